The van der Waals surface area contributed by atoms with Crippen molar-refractivity contribution in [2.45, 2.75) is 25.5 Å². The fraction of sp³-hybridized carbons (Fsp3) is 0.250. The van der Waals surface area contributed by atoms with Gasteiger partial charge in [0.25, 0.3) is 0 Å². The van der Waals surface area contributed by atoms with E-state index < -0.39 is 0 Å². The minimum Gasteiger partial charge on any atom is -0.444 e. The minimum absolute atomic E-state index is 0.00779. The highest BCUT2D eigenvalue weighted by atomic mass is 16.6. The highest BCUT2D eigenvalue weighted by Crippen LogP contribution is 2.41. The molecule has 6 rings (SSSR count). The highest BCUT2D eigenvalue weighted by molar-refractivity contribution is 6.24. The number of ketones is 1. The van der Waals surface area contributed by atoms with Gasteiger partial charge in [-0.3, -0.25) is 19.4 Å². The number of nitrogens with zero attached hydrogens (tertiary/aromatic N) is 2. The molecule has 7 nitrogen and oxygen atoms in total. The normalized spacial score (nSPS) is 17.4. The minimum atomic E-state index is -0.298. The van der Waals surface area contributed by atoms with Crippen molar-refractivity contribution in [3.05, 3.63) is 83.4 Å². The van der Waals surface area contributed by atoms with Crippen LogP contribution >= 0.6 is 0 Å². The monoisotopic (exact) mass is 467 g/mol. The molecule has 0 aromatic heterocycles. The number of para-hydroxylation sites is 1. The van der Waals surface area contributed by atoms with E-state index in [1.165, 1.54) is 0 Å². The standard InChI is InChI=1S/C28H25N3O4/c32-25(29-23-10-5-9-22-26(23)20-7-2-3-8-21(20)27(22)33)16-30-14-12-19(13-15-30)31-24-11-4-1-6-18(24)17-35-28(31)34/h1-11,19H,12-17H2,(H,29,32). The summed E-state index contributed by atoms with van der Waals surface area (Å²) in [6, 6.07) is 20.9. The molecule has 2 aliphatic heterocycles. The number of carbonyl (C=O) groups is 3. The van der Waals surface area contributed by atoms with Gasteiger partial charge in [0.2, 0.25) is 5.91 Å². The Morgan fingerprint density at radius 3 is 2.43 bits per heavy atom. The van der Waals surface area contributed by atoms with E-state index in [1.54, 1.807) is 11.0 Å². The number of hydrogen-bond acceptors (Lipinski definition) is 5. The van der Waals surface area contributed by atoms with Crippen molar-refractivity contribution in [3.63, 3.8) is 0 Å². The average molecular weight is 468 g/mol. The first-order valence-corrected chi connectivity index (χ1v) is 11.9. The van der Waals surface area contributed by atoms with Crippen molar-refractivity contribution in [1.82, 2.24) is 4.90 Å². The molecular weight excluding hydrogens is 442 g/mol. The van der Waals surface area contributed by atoms with Crippen LogP contribution in [0.25, 0.3) is 11.1 Å². The predicted molar refractivity (Wildman–Crippen MR) is 133 cm³/mol. The fourth-order valence-electron chi connectivity index (χ4n) is 5.43. The van der Waals surface area contributed by atoms with Gasteiger partial charge in [-0.15, -0.1) is 0 Å². The molecule has 7 heteroatoms. The molecule has 2 amide bonds. The summed E-state index contributed by atoms with van der Waals surface area (Å²) in [5.41, 5.74) is 5.55. The van der Waals surface area contributed by atoms with Crippen LogP contribution in [0.4, 0.5) is 16.2 Å². The Hall–Kier alpha value is -3.97. The van der Waals surface area contributed by atoms with Gasteiger partial charge in [0.1, 0.15) is 6.61 Å². The Bertz CT molecular complexity index is 1340. The average Bonchev–Trinajstić information content (AvgIpc) is 3.18. The van der Waals surface area contributed by atoms with E-state index in [4.69, 9.17) is 4.74 Å². The Kier molecular flexibility index (Phi) is 5.34. The van der Waals surface area contributed by atoms with E-state index in [2.05, 4.69) is 10.2 Å². The molecule has 0 atom stereocenters. The second-order valence-electron chi connectivity index (χ2n) is 9.21. The predicted octanol–water partition coefficient (Wildman–Crippen LogP) is 4.46. The number of piperidine rings is 1. The number of anilines is 2. The molecule has 35 heavy (non-hydrogen) atoms. The van der Waals surface area contributed by atoms with Gasteiger partial charge in [-0.05, 0) is 30.5 Å². The Labute approximate surface area is 203 Å². The zero-order valence-corrected chi connectivity index (χ0v) is 19.2. The molecule has 0 spiro atoms. The molecule has 176 valence electrons. The molecule has 0 radical (unpaired) electrons. The van der Waals surface area contributed by atoms with E-state index in [0.29, 0.717) is 36.5 Å². The van der Waals surface area contributed by atoms with Gasteiger partial charge in [0, 0.05) is 47.1 Å². The lowest BCUT2D eigenvalue weighted by atomic mass is 10.0. The van der Waals surface area contributed by atoms with Gasteiger partial charge in [0.05, 0.1) is 12.2 Å². The number of hydrogen-bond donors (Lipinski definition) is 1. The van der Waals surface area contributed by atoms with Crippen LogP contribution in [0, 0.1) is 0 Å². The van der Waals surface area contributed by atoms with Crippen LogP contribution < -0.4 is 10.2 Å². The molecule has 0 bridgehead atoms. The number of benzene rings is 3. The second kappa shape index (κ2) is 8.67. The van der Waals surface area contributed by atoms with Gasteiger partial charge >= 0.3 is 6.09 Å². The van der Waals surface area contributed by atoms with E-state index in [1.807, 2.05) is 60.7 Å². The zero-order valence-electron chi connectivity index (χ0n) is 19.2. The van der Waals surface area contributed by atoms with E-state index >= 15 is 0 Å². The molecular formula is C28H25N3O4. The Morgan fingerprint density at radius 1 is 0.886 bits per heavy atom. The number of rotatable bonds is 4. The second-order valence-corrected chi connectivity index (χ2v) is 9.21. The van der Waals surface area contributed by atoms with Gasteiger partial charge in [0.15, 0.2) is 5.78 Å². The topological polar surface area (TPSA) is 79.0 Å². The van der Waals surface area contributed by atoms with Crippen LogP contribution in [0.5, 0.6) is 0 Å². The molecule has 3 aromatic rings. The summed E-state index contributed by atoms with van der Waals surface area (Å²) in [5.74, 6) is -0.122. The maximum Gasteiger partial charge on any atom is 0.414 e. The maximum atomic E-state index is 13.0. The number of cyclic esters (lactones) is 1. The van der Waals surface area contributed by atoms with Gasteiger partial charge in [-0.2, -0.15) is 0 Å². The number of nitrogens with one attached hydrogen (secondary N) is 1. The number of carbonyl (C=O) groups excluding carboxylic acids is 3. The third-order valence-electron chi connectivity index (χ3n) is 7.11. The number of fused-ring (bicyclic) bond motifs is 4. The van der Waals surface area contributed by atoms with Crippen molar-refractivity contribution in [1.29, 1.82) is 0 Å². The van der Waals surface area contributed by atoms with Crippen LogP contribution in [-0.2, 0) is 16.1 Å². The van der Waals surface area contributed by atoms with Gasteiger partial charge in [-0.1, -0.05) is 54.6 Å². The summed E-state index contributed by atoms with van der Waals surface area (Å²) in [6.45, 7) is 1.98. The third kappa shape index (κ3) is 3.78. The lowest BCUT2D eigenvalue weighted by Crippen LogP contribution is -2.50. The van der Waals surface area contributed by atoms with Crippen molar-refractivity contribution in [2.24, 2.45) is 0 Å². The molecule has 0 unspecified atom stereocenters. The van der Waals surface area contributed by atoms with E-state index in [9.17, 15) is 14.4 Å². The number of ether oxygens (including phenoxy) is 1. The van der Waals surface area contributed by atoms with Crippen LogP contribution in [0.3, 0.4) is 0 Å². The fourth-order valence-corrected chi connectivity index (χ4v) is 5.43. The Balaban J connectivity index is 1.12. The smallest absolute Gasteiger partial charge is 0.414 e. The summed E-state index contributed by atoms with van der Waals surface area (Å²) < 4.78 is 5.38. The van der Waals surface area contributed by atoms with Crippen molar-refractivity contribution in [3.8, 4) is 11.1 Å². The van der Waals surface area contributed by atoms with Gasteiger partial charge in [-0.25, -0.2) is 4.79 Å². The van der Waals surface area contributed by atoms with Crippen LogP contribution in [0.1, 0.15) is 34.3 Å². The summed E-state index contributed by atoms with van der Waals surface area (Å²) in [5, 5.41) is 3.03. The SMILES string of the molecule is O=C(CN1CCC(N2C(=O)OCc3ccccc32)CC1)Nc1cccc2c1-c1ccccc1C2=O. The van der Waals surface area contributed by atoms with Crippen LogP contribution in [0.2, 0.25) is 0 Å². The molecule has 1 N–H and O–H groups in total. The molecule has 1 fully saturated rings. The van der Waals surface area contributed by atoms with Crippen molar-refractivity contribution in [2.75, 3.05) is 29.9 Å². The molecule has 0 saturated carbocycles. The summed E-state index contributed by atoms with van der Waals surface area (Å²) in [4.78, 5) is 42.1. The van der Waals surface area contributed by atoms with Gasteiger partial charge < -0.3 is 10.1 Å². The molecule has 1 saturated heterocycles. The van der Waals surface area contributed by atoms with Crippen LogP contribution in [-0.4, -0.2) is 48.4 Å². The largest absolute Gasteiger partial charge is 0.444 e. The first-order valence-electron chi connectivity index (χ1n) is 11.9. The lowest BCUT2D eigenvalue weighted by molar-refractivity contribution is -0.117. The lowest BCUT2D eigenvalue weighted by Gasteiger charge is -2.40. The van der Waals surface area contributed by atoms with Crippen molar-refractivity contribution < 1.29 is 19.1 Å². The Morgan fingerprint density at radius 2 is 1.60 bits per heavy atom. The van der Waals surface area contributed by atoms with Crippen LogP contribution in [0.15, 0.2) is 66.7 Å². The van der Waals surface area contributed by atoms with Crippen molar-refractivity contribution >= 4 is 29.2 Å². The summed E-state index contributed by atoms with van der Waals surface area (Å²) in [6.07, 6.45) is 1.23. The number of amides is 2. The summed E-state index contributed by atoms with van der Waals surface area (Å²) >= 11 is 0. The van der Waals surface area contributed by atoms with E-state index in [-0.39, 0.29) is 30.4 Å². The third-order valence-corrected chi connectivity index (χ3v) is 7.11. The highest BCUT2D eigenvalue weighted by Gasteiger charge is 2.34. The first kappa shape index (κ1) is 21.6. The maximum absolute atomic E-state index is 13.0. The molecule has 3 aromatic carbocycles. The first-order chi connectivity index (χ1) is 17.1. The molecule has 2 heterocycles. The zero-order chi connectivity index (χ0) is 23.9. The molecule has 1 aliphatic carbocycles. The molecule has 3 aliphatic rings. The summed E-state index contributed by atoms with van der Waals surface area (Å²) in [7, 11) is 0. The number of likely N-dealkylation sites (tertiary alicyclic amines) is 1. The van der Waals surface area contributed by atoms with E-state index in [0.717, 1.165) is 35.2 Å². The quantitative estimate of drug-likeness (QED) is 0.480.